The number of anilines is 3. The molecule has 0 fully saturated rings. The van der Waals surface area contributed by atoms with Gasteiger partial charge in [-0.25, -0.2) is 0 Å². The van der Waals surface area contributed by atoms with Crippen LogP contribution >= 0.6 is 11.6 Å². The zero-order valence-electron chi connectivity index (χ0n) is 9.26. The van der Waals surface area contributed by atoms with Crippen LogP contribution < -0.4 is 10.2 Å². The number of nitrogens with one attached hydrogen (secondary N) is 1. The lowest BCUT2D eigenvalue weighted by Gasteiger charge is -2.27. The summed E-state index contributed by atoms with van der Waals surface area (Å²) in [6.45, 7) is 0.140. The van der Waals surface area contributed by atoms with Gasteiger partial charge in [-0.15, -0.1) is 16.7 Å². The third-order valence-electron chi connectivity index (χ3n) is 2.57. The number of hydrogen-bond donors (Lipinski definition) is 1. The van der Waals surface area contributed by atoms with Gasteiger partial charge in [-0.05, 0) is 12.1 Å². The van der Waals surface area contributed by atoms with E-state index in [9.17, 15) is 4.79 Å². The zero-order valence-corrected chi connectivity index (χ0v) is 10.0. The molecule has 1 amide bonds. The van der Waals surface area contributed by atoms with Gasteiger partial charge in [0.2, 0.25) is 11.8 Å². The molecule has 0 radical (unpaired) electrons. The predicted molar refractivity (Wildman–Crippen MR) is 65.9 cm³/mol. The van der Waals surface area contributed by atoms with Crippen molar-refractivity contribution in [3.8, 4) is 0 Å². The minimum absolute atomic E-state index is 0.126. The molecule has 2 heterocycles. The van der Waals surface area contributed by atoms with Crippen molar-refractivity contribution < 1.29 is 9.21 Å². The Morgan fingerprint density at radius 2 is 2.22 bits per heavy atom. The van der Waals surface area contributed by atoms with Crippen molar-refractivity contribution in [3.05, 3.63) is 30.2 Å². The van der Waals surface area contributed by atoms with Gasteiger partial charge < -0.3 is 9.73 Å². The summed E-state index contributed by atoms with van der Waals surface area (Å²) in [5.41, 5.74) is 1.54. The summed E-state index contributed by atoms with van der Waals surface area (Å²) in [4.78, 5) is 13.3. The van der Waals surface area contributed by atoms with E-state index in [1.807, 2.05) is 24.3 Å². The third-order valence-corrected chi connectivity index (χ3v) is 2.80. The Morgan fingerprint density at radius 3 is 3.00 bits per heavy atom. The molecular weight excluding hydrogens is 256 g/mol. The number of carbonyl (C=O) groups is 1. The SMILES string of the molecule is O=C1CN(c2nnc(CCl)o2)c2ccccc2N1. The van der Waals surface area contributed by atoms with E-state index >= 15 is 0 Å². The van der Waals surface area contributed by atoms with Crippen LogP contribution in [0.15, 0.2) is 28.7 Å². The fraction of sp³-hybridized carbons (Fsp3) is 0.182. The van der Waals surface area contributed by atoms with Crippen LogP contribution in [-0.2, 0) is 10.7 Å². The Bertz CT molecular complexity index is 598. The van der Waals surface area contributed by atoms with Crippen LogP contribution in [-0.4, -0.2) is 22.6 Å². The molecule has 0 saturated heterocycles. The van der Waals surface area contributed by atoms with E-state index in [0.717, 1.165) is 11.4 Å². The second-order valence-corrected chi connectivity index (χ2v) is 4.03. The molecule has 7 heteroatoms. The molecule has 6 nitrogen and oxygen atoms in total. The first-order valence-electron chi connectivity index (χ1n) is 5.32. The van der Waals surface area contributed by atoms with Crippen molar-refractivity contribution in [2.45, 2.75) is 5.88 Å². The highest BCUT2D eigenvalue weighted by Crippen LogP contribution is 2.33. The van der Waals surface area contributed by atoms with Crippen LogP contribution in [0.25, 0.3) is 0 Å². The molecule has 2 aromatic rings. The number of para-hydroxylation sites is 2. The number of rotatable bonds is 2. The standard InChI is InChI=1S/C11H9ClN4O2/c12-5-10-14-15-11(18-10)16-6-9(17)13-7-3-1-2-4-8(7)16/h1-4H,5-6H2,(H,13,17). The quantitative estimate of drug-likeness (QED) is 0.839. The molecule has 92 valence electrons. The van der Waals surface area contributed by atoms with Gasteiger partial charge in [-0.3, -0.25) is 9.69 Å². The Morgan fingerprint density at radius 1 is 1.39 bits per heavy atom. The molecule has 1 N–H and O–H groups in total. The molecule has 18 heavy (non-hydrogen) atoms. The molecule has 3 rings (SSSR count). The normalized spacial score (nSPS) is 14.3. The van der Waals surface area contributed by atoms with Gasteiger partial charge in [0.1, 0.15) is 12.4 Å². The second kappa shape index (κ2) is 4.30. The highest BCUT2D eigenvalue weighted by atomic mass is 35.5. The number of fused-ring (bicyclic) bond motifs is 1. The number of hydrogen-bond acceptors (Lipinski definition) is 5. The van der Waals surface area contributed by atoms with E-state index in [2.05, 4.69) is 15.5 Å². The molecular formula is C11H9ClN4O2. The molecule has 1 aromatic heterocycles. The summed E-state index contributed by atoms with van der Waals surface area (Å²) in [5, 5.41) is 10.5. The topological polar surface area (TPSA) is 71.3 Å². The fourth-order valence-corrected chi connectivity index (χ4v) is 1.92. The van der Waals surface area contributed by atoms with E-state index in [4.69, 9.17) is 16.0 Å². The van der Waals surface area contributed by atoms with Crippen LogP contribution in [0, 0.1) is 0 Å². The smallest absolute Gasteiger partial charge is 0.323 e. The molecule has 1 aromatic carbocycles. The Balaban J connectivity index is 2.04. The minimum Gasteiger partial charge on any atom is -0.406 e. The molecule has 0 saturated carbocycles. The van der Waals surface area contributed by atoms with Gasteiger partial charge in [0.15, 0.2) is 0 Å². The average Bonchev–Trinajstić information content (AvgIpc) is 2.86. The average molecular weight is 265 g/mol. The molecule has 0 aliphatic carbocycles. The molecule has 0 atom stereocenters. The molecule has 0 unspecified atom stereocenters. The van der Waals surface area contributed by atoms with Crippen molar-refractivity contribution in [1.82, 2.24) is 10.2 Å². The predicted octanol–water partition coefficient (Wildman–Crippen LogP) is 1.90. The van der Waals surface area contributed by atoms with E-state index < -0.39 is 0 Å². The summed E-state index contributed by atoms with van der Waals surface area (Å²) >= 11 is 5.61. The van der Waals surface area contributed by atoms with Crippen molar-refractivity contribution in [2.24, 2.45) is 0 Å². The van der Waals surface area contributed by atoms with Gasteiger partial charge in [-0.2, -0.15) is 0 Å². The molecule has 1 aliphatic heterocycles. The van der Waals surface area contributed by atoms with Crippen LogP contribution in [0.1, 0.15) is 5.89 Å². The maximum atomic E-state index is 11.6. The lowest BCUT2D eigenvalue weighted by atomic mass is 10.2. The van der Waals surface area contributed by atoms with Gasteiger partial charge in [0.05, 0.1) is 11.4 Å². The number of carbonyl (C=O) groups excluding carboxylic acids is 1. The maximum absolute atomic E-state index is 11.6. The largest absolute Gasteiger partial charge is 0.406 e. The summed E-state index contributed by atoms with van der Waals surface area (Å²) in [7, 11) is 0. The highest BCUT2D eigenvalue weighted by molar-refractivity contribution is 6.16. The van der Waals surface area contributed by atoms with Crippen molar-refractivity contribution in [3.63, 3.8) is 0 Å². The number of benzene rings is 1. The van der Waals surface area contributed by atoms with Gasteiger partial charge in [-0.1, -0.05) is 17.2 Å². The van der Waals surface area contributed by atoms with E-state index in [1.165, 1.54) is 0 Å². The summed E-state index contributed by atoms with van der Waals surface area (Å²) in [6.07, 6.45) is 0. The highest BCUT2D eigenvalue weighted by Gasteiger charge is 2.26. The third kappa shape index (κ3) is 1.80. The fourth-order valence-electron chi connectivity index (χ4n) is 1.81. The van der Waals surface area contributed by atoms with Crippen LogP contribution in [0.4, 0.5) is 17.4 Å². The summed E-state index contributed by atoms with van der Waals surface area (Å²) in [6, 6.07) is 7.69. The lowest BCUT2D eigenvalue weighted by molar-refractivity contribution is -0.115. The Kier molecular flexibility index (Phi) is 2.64. The summed E-state index contributed by atoms with van der Waals surface area (Å²) in [5.74, 6) is 0.351. The number of nitrogens with zero attached hydrogens (tertiary/aromatic N) is 3. The molecule has 0 bridgehead atoms. The minimum atomic E-state index is -0.126. The zero-order chi connectivity index (χ0) is 12.5. The maximum Gasteiger partial charge on any atom is 0.323 e. The van der Waals surface area contributed by atoms with Crippen molar-refractivity contribution in [1.29, 1.82) is 0 Å². The lowest BCUT2D eigenvalue weighted by Crippen LogP contribution is -2.35. The van der Waals surface area contributed by atoms with Crippen molar-refractivity contribution in [2.75, 3.05) is 16.8 Å². The molecule has 0 spiro atoms. The van der Waals surface area contributed by atoms with Gasteiger partial charge in [0.25, 0.3) is 0 Å². The number of halogens is 1. The molecule has 1 aliphatic rings. The van der Waals surface area contributed by atoms with E-state index in [0.29, 0.717) is 5.89 Å². The van der Waals surface area contributed by atoms with E-state index in [-0.39, 0.29) is 24.3 Å². The number of alkyl halides is 1. The first kappa shape index (κ1) is 11.0. The number of aromatic nitrogens is 2. The van der Waals surface area contributed by atoms with Crippen LogP contribution in [0.5, 0.6) is 0 Å². The van der Waals surface area contributed by atoms with Crippen molar-refractivity contribution >= 4 is 34.9 Å². The second-order valence-electron chi connectivity index (χ2n) is 3.76. The Hall–Kier alpha value is -2.08. The van der Waals surface area contributed by atoms with Gasteiger partial charge >= 0.3 is 6.01 Å². The first-order chi connectivity index (χ1) is 8.78. The monoisotopic (exact) mass is 264 g/mol. The van der Waals surface area contributed by atoms with Crippen LogP contribution in [0.3, 0.4) is 0 Å². The Labute approximate surface area is 108 Å². The summed E-state index contributed by atoms with van der Waals surface area (Å²) < 4.78 is 5.37. The van der Waals surface area contributed by atoms with E-state index in [1.54, 1.807) is 4.90 Å². The number of amides is 1. The van der Waals surface area contributed by atoms with Gasteiger partial charge in [0, 0.05) is 0 Å². The van der Waals surface area contributed by atoms with Crippen LogP contribution in [0.2, 0.25) is 0 Å². The first-order valence-corrected chi connectivity index (χ1v) is 5.86.